The molecule has 1 rings (SSSR count). The van der Waals surface area contributed by atoms with Gasteiger partial charge in [-0.2, -0.15) is 57.1 Å². The minimum atomic E-state index is -7.92. The lowest BCUT2D eigenvalue weighted by atomic mass is 9.91. The van der Waals surface area contributed by atoms with Gasteiger partial charge < -0.3 is 0 Å². The number of halogens is 15. The summed E-state index contributed by atoms with van der Waals surface area (Å²) >= 11 is 10.8. The van der Waals surface area contributed by atoms with Crippen molar-refractivity contribution in [2.45, 2.75) is 47.6 Å². The zero-order valence-electron chi connectivity index (χ0n) is 13.3. The summed E-state index contributed by atoms with van der Waals surface area (Å²) < 4.78 is 169. The van der Waals surface area contributed by atoms with Gasteiger partial charge in [0.15, 0.2) is 0 Å². The van der Waals surface area contributed by atoms with Gasteiger partial charge >= 0.3 is 35.8 Å². The molecule has 0 amide bonds. The predicted octanol–water partition coefficient (Wildman–Crippen LogP) is 7.75. The van der Waals surface area contributed by atoms with E-state index in [-0.39, 0.29) is 5.02 Å². The fraction of sp³-hybridized carbons (Fsp3) is 0.571. The van der Waals surface area contributed by atoms with E-state index >= 15 is 0 Å². The van der Waals surface area contributed by atoms with Crippen LogP contribution in [0.4, 0.5) is 57.1 Å². The van der Waals surface area contributed by atoms with Crippen molar-refractivity contribution < 1.29 is 57.1 Å². The lowest BCUT2D eigenvalue weighted by Crippen LogP contribution is -2.70. The van der Waals surface area contributed by atoms with Crippen LogP contribution in [0, 0.1) is 0 Å². The first-order valence-electron chi connectivity index (χ1n) is 6.99. The van der Waals surface area contributed by atoms with E-state index in [2.05, 4.69) is 0 Å². The Kier molecular flexibility index (Phi) is 6.74. The SMILES string of the molecule is FC(F)(F)C(F)(F)C(F)(F)C(F)(F)C(F)(F)C(F)(F)CC(Cl)c1ccc(Cl)cc1. The van der Waals surface area contributed by atoms with Crippen molar-refractivity contribution in [3.05, 3.63) is 34.9 Å². The van der Waals surface area contributed by atoms with E-state index in [1.165, 1.54) is 0 Å². The molecule has 0 fully saturated rings. The van der Waals surface area contributed by atoms with Crippen LogP contribution < -0.4 is 0 Å². The van der Waals surface area contributed by atoms with Gasteiger partial charge in [-0.25, -0.2) is 0 Å². The standard InChI is InChI=1S/C14H7Cl2F13/c15-7-3-1-6(2-4-7)8(16)5-9(17,18)10(19,20)11(21,22)12(23,24)13(25,26)14(27,28)29/h1-4,8H,5H2. The van der Waals surface area contributed by atoms with Gasteiger partial charge in [-0.15, -0.1) is 11.6 Å². The molecule has 0 nitrogen and oxygen atoms in total. The molecule has 0 bridgehead atoms. The number of hydrogen-bond acceptors (Lipinski definition) is 0. The Balaban J connectivity index is 3.32. The third-order valence-corrected chi connectivity index (χ3v) is 4.32. The van der Waals surface area contributed by atoms with Crippen LogP contribution in [0.5, 0.6) is 0 Å². The highest BCUT2D eigenvalue weighted by Gasteiger charge is 2.90. The first kappa shape index (κ1) is 25.9. The highest BCUT2D eigenvalue weighted by Crippen LogP contribution is 2.61. The molecule has 1 aromatic carbocycles. The summed E-state index contributed by atoms with van der Waals surface area (Å²) in [6.07, 6.45) is -9.95. The second-order valence-corrected chi connectivity index (χ2v) is 6.69. The molecule has 15 heteroatoms. The van der Waals surface area contributed by atoms with Crippen LogP contribution in [0.3, 0.4) is 0 Å². The summed E-state index contributed by atoms with van der Waals surface area (Å²) in [5, 5.41) is -2.24. The van der Waals surface area contributed by atoms with Crippen LogP contribution in [0.1, 0.15) is 17.4 Å². The molecular weight excluding hydrogens is 486 g/mol. The van der Waals surface area contributed by atoms with Gasteiger partial charge in [0.2, 0.25) is 0 Å². The van der Waals surface area contributed by atoms with Crippen LogP contribution >= 0.6 is 23.2 Å². The summed E-state index contributed by atoms with van der Waals surface area (Å²) in [7, 11) is 0. The number of rotatable bonds is 7. The molecule has 0 N–H and O–H groups in total. The monoisotopic (exact) mass is 492 g/mol. The van der Waals surface area contributed by atoms with Gasteiger partial charge in [-0.1, -0.05) is 23.7 Å². The summed E-state index contributed by atoms with van der Waals surface area (Å²) in [5.41, 5.74) is -0.428. The van der Waals surface area contributed by atoms with E-state index in [0.717, 1.165) is 24.3 Å². The van der Waals surface area contributed by atoms with Crippen molar-refractivity contribution in [1.82, 2.24) is 0 Å². The Morgan fingerprint density at radius 1 is 0.621 bits per heavy atom. The van der Waals surface area contributed by atoms with Gasteiger partial charge in [-0.3, -0.25) is 0 Å². The highest BCUT2D eigenvalue weighted by molar-refractivity contribution is 6.30. The first-order chi connectivity index (χ1) is 12.6. The van der Waals surface area contributed by atoms with Gasteiger partial charge in [0.05, 0.1) is 5.38 Å². The topological polar surface area (TPSA) is 0 Å². The van der Waals surface area contributed by atoms with E-state index in [9.17, 15) is 57.1 Å². The maximum Gasteiger partial charge on any atom is 0.460 e. The van der Waals surface area contributed by atoms with Crippen molar-refractivity contribution >= 4 is 23.2 Å². The Bertz CT molecular complexity index is 709. The minimum absolute atomic E-state index is 0.00950. The second kappa shape index (κ2) is 7.54. The van der Waals surface area contributed by atoms with Crippen molar-refractivity contribution in [2.75, 3.05) is 0 Å². The second-order valence-electron chi connectivity index (χ2n) is 5.72. The van der Waals surface area contributed by atoms with E-state index in [1.807, 2.05) is 0 Å². The molecule has 168 valence electrons. The maximum atomic E-state index is 13.7. The van der Waals surface area contributed by atoms with Crippen molar-refractivity contribution in [2.24, 2.45) is 0 Å². The zero-order valence-corrected chi connectivity index (χ0v) is 14.8. The summed E-state index contributed by atoms with van der Waals surface area (Å²) in [5.74, 6) is -37.1. The van der Waals surface area contributed by atoms with Gasteiger partial charge in [0.25, 0.3) is 0 Å². The first-order valence-corrected chi connectivity index (χ1v) is 7.80. The van der Waals surface area contributed by atoms with E-state index < -0.39 is 53.2 Å². The Morgan fingerprint density at radius 2 is 1.00 bits per heavy atom. The lowest BCUT2D eigenvalue weighted by molar-refractivity contribution is -0.440. The number of alkyl halides is 14. The molecule has 1 aromatic rings. The van der Waals surface area contributed by atoms with Crippen LogP contribution in [0.2, 0.25) is 5.02 Å². The molecule has 0 radical (unpaired) electrons. The fourth-order valence-electron chi connectivity index (χ4n) is 1.94. The minimum Gasteiger partial charge on any atom is -0.200 e. The normalized spacial score (nSPS) is 16.1. The van der Waals surface area contributed by atoms with Crippen molar-refractivity contribution in [3.63, 3.8) is 0 Å². The molecule has 0 saturated heterocycles. The number of benzene rings is 1. The van der Waals surface area contributed by atoms with E-state index in [0.29, 0.717) is 0 Å². The summed E-state index contributed by atoms with van der Waals surface area (Å²) in [6.45, 7) is 0. The predicted molar refractivity (Wildman–Crippen MR) is 75.5 cm³/mol. The van der Waals surface area contributed by atoms with Crippen LogP contribution in [-0.2, 0) is 0 Å². The quantitative estimate of drug-likeness (QED) is 0.269. The van der Waals surface area contributed by atoms with Crippen LogP contribution in [0.15, 0.2) is 24.3 Å². The Labute approximate surface area is 163 Å². The third-order valence-electron chi connectivity index (χ3n) is 3.67. The lowest BCUT2D eigenvalue weighted by Gasteiger charge is -2.40. The maximum absolute atomic E-state index is 13.7. The molecule has 0 aliphatic carbocycles. The average Bonchev–Trinajstić information content (AvgIpc) is 2.53. The molecule has 0 aliphatic rings. The molecule has 0 spiro atoms. The largest absolute Gasteiger partial charge is 0.460 e. The molecule has 0 heterocycles. The molecular formula is C14H7Cl2F13. The molecule has 1 unspecified atom stereocenters. The fourth-order valence-corrected chi connectivity index (χ4v) is 2.41. The molecule has 29 heavy (non-hydrogen) atoms. The highest BCUT2D eigenvalue weighted by atomic mass is 35.5. The Hall–Kier alpha value is -1.11. The van der Waals surface area contributed by atoms with Crippen molar-refractivity contribution in [1.29, 1.82) is 0 Å². The summed E-state index contributed by atoms with van der Waals surface area (Å²) in [4.78, 5) is 0. The van der Waals surface area contributed by atoms with Crippen molar-refractivity contribution in [3.8, 4) is 0 Å². The summed E-state index contributed by atoms with van der Waals surface area (Å²) in [6, 6.07) is 3.77. The van der Waals surface area contributed by atoms with Gasteiger partial charge in [0.1, 0.15) is 0 Å². The average molecular weight is 493 g/mol. The third kappa shape index (κ3) is 4.21. The molecule has 0 saturated carbocycles. The van der Waals surface area contributed by atoms with E-state index in [1.54, 1.807) is 0 Å². The van der Waals surface area contributed by atoms with E-state index in [4.69, 9.17) is 23.2 Å². The molecule has 1 atom stereocenters. The Morgan fingerprint density at radius 3 is 1.38 bits per heavy atom. The number of hydrogen-bond donors (Lipinski definition) is 0. The smallest absolute Gasteiger partial charge is 0.200 e. The van der Waals surface area contributed by atoms with Crippen LogP contribution in [0.25, 0.3) is 0 Å². The zero-order chi connectivity index (χ0) is 23.3. The van der Waals surface area contributed by atoms with Gasteiger partial charge in [-0.05, 0) is 17.7 Å². The molecule has 0 aromatic heterocycles. The molecule has 0 aliphatic heterocycles. The van der Waals surface area contributed by atoms with Crippen LogP contribution in [-0.4, -0.2) is 35.8 Å². The van der Waals surface area contributed by atoms with Gasteiger partial charge in [0, 0.05) is 11.4 Å².